The summed E-state index contributed by atoms with van der Waals surface area (Å²) in [4.78, 5) is 19.3. The third kappa shape index (κ3) is 3.16. The second-order valence-corrected chi connectivity index (χ2v) is 6.99. The van der Waals surface area contributed by atoms with Crippen molar-refractivity contribution in [3.8, 4) is 5.82 Å². The van der Waals surface area contributed by atoms with E-state index in [0.29, 0.717) is 18.3 Å². The summed E-state index contributed by atoms with van der Waals surface area (Å²) in [5, 5.41) is 7.26. The molecule has 4 rings (SSSR count). The summed E-state index contributed by atoms with van der Waals surface area (Å²) in [7, 11) is 0. The van der Waals surface area contributed by atoms with Crippen LogP contribution in [0.15, 0.2) is 30.7 Å². The van der Waals surface area contributed by atoms with Crippen molar-refractivity contribution in [3.05, 3.63) is 42.1 Å². The molecule has 1 amide bonds. The van der Waals surface area contributed by atoms with Crippen LogP contribution in [0.25, 0.3) is 5.82 Å². The molecule has 4 heterocycles. The van der Waals surface area contributed by atoms with Crippen molar-refractivity contribution in [2.24, 2.45) is 5.41 Å². The topological polar surface area (TPSA) is 63.1 Å². The number of nitrogens with one attached hydrogen (secondary N) is 1. The SMILES string of the molecule is O=C1N(Cc2ccc(-n3cc(F)cn3)nc2)CCCC12CCNCC2. The quantitative estimate of drug-likeness (QED) is 0.925. The number of carbonyl (C=O) groups is 1. The fourth-order valence-electron chi connectivity index (χ4n) is 3.96. The van der Waals surface area contributed by atoms with Crippen LogP contribution in [-0.2, 0) is 11.3 Å². The lowest BCUT2D eigenvalue weighted by Gasteiger charge is -2.44. The second-order valence-electron chi connectivity index (χ2n) is 6.99. The summed E-state index contributed by atoms with van der Waals surface area (Å²) in [6, 6.07) is 3.73. The summed E-state index contributed by atoms with van der Waals surface area (Å²) in [6.45, 7) is 3.24. The maximum absolute atomic E-state index is 13.1. The molecule has 25 heavy (non-hydrogen) atoms. The van der Waals surface area contributed by atoms with Gasteiger partial charge in [-0.05, 0) is 50.4 Å². The van der Waals surface area contributed by atoms with Crippen LogP contribution in [0.3, 0.4) is 0 Å². The zero-order chi connectivity index (χ0) is 17.3. The van der Waals surface area contributed by atoms with Crippen LogP contribution in [0.5, 0.6) is 0 Å². The van der Waals surface area contributed by atoms with Gasteiger partial charge in [0.15, 0.2) is 11.6 Å². The van der Waals surface area contributed by atoms with Crippen molar-refractivity contribution in [2.75, 3.05) is 19.6 Å². The Kier molecular flexibility index (Phi) is 4.25. The standard InChI is InChI=1S/C18H22FN5O/c19-15-11-22-24(13-15)16-3-2-14(10-21-16)12-23-9-1-4-18(17(23)25)5-7-20-8-6-18/h2-3,10-11,13,20H,1,4-9,12H2. The molecule has 1 spiro atoms. The molecule has 2 aromatic heterocycles. The second kappa shape index (κ2) is 6.55. The average Bonchev–Trinajstić information content (AvgIpc) is 3.07. The van der Waals surface area contributed by atoms with E-state index in [-0.39, 0.29) is 5.41 Å². The maximum atomic E-state index is 13.1. The smallest absolute Gasteiger partial charge is 0.229 e. The highest BCUT2D eigenvalue weighted by molar-refractivity contribution is 5.83. The van der Waals surface area contributed by atoms with Gasteiger partial charge in [-0.2, -0.15) is 5.10 Å². The minimum atomic E-state index is -0.392. The number of pyridine rings is 1. The fraction of sp³-hybridized carbons (Fsp3) is 0.500. The molecule has 0 saturated carbocycles. The Labute approximate surface area is 146 Å². The van der Waals surface area contributed by atoms with E-state index in [1.807, 2.05) is 11.0 Å². The highest BCUT2D eigenvalue weighted by Gasteiger charge is 2.44. The van der Waals surface area contributed by atoms with E-state index in [9.17, 15) is 9.18 Å². The summed E-state index contributed by atoms with van der Waals surface area (Å²) < 4.78 is 14.5. The number of aromatic nitrogens is 3. The third-order valence-corrected chi connectivity index (χ3v) is 5.35. The van der Waals surface area contributed by atoms with E-state index < -0.39 is 5.82 Å². The van der Waals surface area contributed by atoms with Crippen LogP contribution < -0.4 is 5.32 Å². The number of likely N-dealkylation sites (tertiary alicyclic amines) is 1. The van der Waals surface area contributed by atoms with E-state index in [4.69, 9.17) is 0 Å². The van der Waals surface area contributed by atoms with Crippen molar-refractivity contribution in [1.29, 1.82) is 0 Å². The van der Waals surface area contributed by atoms with Crippen LogP contribution in [0.4, 0.5) is 4.39 Å². The molecule has 6 nitrogen and oxygen atoms in total. The fourth-order valence-corrected chi connectivity index (χ4v) is 3.96. The monoisotopic (exact) mass is 343 g/mol. The molecular formula is C18H22FN5O. The van der Waals surface area contributed by atoms with Gasteiger partial charge in [-0.15, -0.1) is 0 Å². The minimum Gasteiger partial charge on any atom is -0.338 e. The zero-order valence-electron chi connectivity index (χ0n) is 14.1. The summed E-state index contributed by atoms with van der Waals surface area (Å²) in [6.07, 6.45) is 8.12. The number of piperidine rings is 2. The number of halogens is 1. The van der Waals surface area contributed by atoms with Gasteiger partial charge in [0.2, 0.25) is 5.91 Å². The van der Waals surface area contributed by atoms with Crippen LogP contribution in [0, 0.1) is 11.2 Å². The number of hydrogen-bond donors (Lipinski definition) is 1. The van der Waals surface area contributed by atoms with Crippen LogP contribution in [0.2, 0.25) is 0 Å². The van der Waals surface area contributed by atoms with Gasteiger partial charge in [0.1, 0.15) is 0 Å². The van der Waals surface area contributed by atoms with Crippen LogP contribution >= 0.6 is 0 Å². The normalized spacial score (nSPS) is 20.2. The van der Waals surface area contributed by atoms with Crippen molar-refractivity contribution >= 4 is 5.91 Å². The van der Waals surface area contributed by atoms with Gasteiger partial charge in [-0.1, -0.05) is 6.07 Å². The molecule has 0 aromatic carbocycles. The molecule has 2 saturated heterocycles. The van der Waals surface area contributed by atoms with E-state index >= 15 is 0 Å². The van der Waals surface area contributed by atoms with E-state index in [2.05, 4.69) is 15.4 Å². The lowest BCUT2D eigenvalue weighted by atomic mass is 9.72. The molecule has 2 aromatic rings. The van der Waals surface area contributed by atoms with E-state index in [1.54, 1.807) is 12.3 Å². The zero-order valence-corrected chi connectivity index (χ0v) is 14.1. The van der Waals surface area contributed by atoms with Crippen molar-refractivity contribution in [3.63, 3.8) is 0 Å². The van der Waals surface area contributed by atoms with Gasteiger partial charge >= 0.3 is 0 Å². The largest absolute Gasteiger partial charge is 0.338 e. The van der Waals surface area contributed by atoms with Gasteiger partial charge < -0.3 is 10.2 Å². The van der Waals surface area contributed by atoms with Crippen molar-refractivity contribution < 1.29 is 9.18 Å². The molecule has 7 heteroatoms. The highest BCUT2D eigenvalue weighted by Crippen LogP contribution is 2.39. The molecule has 0 atom stereocenters. The van der Waals surface area contributed by atoms with Gasteiger partial charge in [-0.25, -0.2) is 14.1 Å². The third-order valence-electron chi connectivity index (χ3n) is 5.35. The van der Waals surface area contributed by atoms with E-state index in [0.717, 1.165) is 57.1 Å². The Balaban J connectivity index is 1.47. The van der Waals surface area contributed by atoms with Crippen molar-refractivity contribution in [2.45, 2.75) is 32.2 Å². The Hall–Kier alpha value is -2.28. The Morgan fingerprint density at radius 1 is 1.20 bits per heavy atom. The van der Waals surface area contributed by atoms with Gasteiger partial charge in [0.25, 0.3) is 0 Å². The summed E-state index contributed by atoms with van der Waals surface area (Å²) >= 11 is 0. The average molecular weight is 343 g/mol. The highest BCUT2D eigenvalue weighted by atomic mass is 19.1. The molecule has 0 unspecified atom stereocenters. The predicted molar refractivity (Wildman–Crippen MR) is 90.5 cm³/mol. The molecule has 2 aliphatic heterocycles. The lowest BCUT2D eigenvalue weighted by Crippen LogP contribution is -2.52. The van der Waals surface area contributed by atoms with Gasteiger partial charge in [0.05, 0.1) is 17.8 Å². The van der Waals surface area contributed by atoms with Gasteiger partial charge in [0, 0.05) is 19.3 Å². The number of hydrogen-bond acceptors (Lipinski definition) is 4. The Morgan fingerprint density at radius 3 is 2.72 bits per heavy atom. The summed E-state index contributed by atoms with van der Waals surface area (Å²) in [5.74, 6) is 0.461. The Bertz CT molecular complexity index is 746. The number of amides is 1. The predicted octanol–water partition coefficient (Wildman–Crippen LogP) is 1.90. The molecule has 1 N–H and O–H groups in total. The first kappa shape index (κ1) is 16.2. The molecule has 132 valence electrons. The summed E-state index contributed by atoms with van der Waals surface area (Å²) in [5.41, 5.74) is 0.819. The molecule has 2 aliphatic rings. The number of nitrogens with zero attached hydrogens (tertiary/aromatic N) is 4. The van der Waals surface area contributed by atoms with Crippen LogP contribution in [0.1, 0.15) is 31.2 Å². The first-order valence-corrected chi connectivity index (χ1v) is 8.82. The molecule has 0 bridgehead atoms. The Morgan fingerprint density at radius 2 is 2.04 bits per heavy atom. The first-order valence-electron chi connectivity index (χ1n) is 8.82. The first-order chi connectivity index (χ1) is 12.2. The minimum absolute atomic E-state index is 0.163. The van der Waals surface area contributed by atoms with Crippen molar-refractivity contribution in [1.82, 2.24) is 25.0 Å². The number of rotatable bonds is 3. The molecule has 2 fully saturated rings. The number of carbonyl (C=O) groups excluding carboxylic acids is 1. The van der Waals surface area contributed by atoms with E-state index in [1.165, 1.54) is 10.9 Å². The molecular weight excluding hydrogens is 321 g/mol. The van der Waals surface area contributed by atoms with Crippen LogP contribution in [-0.4, -0.2) is 45.2 Å². The molecule has 0 radical (unpaired) electrons. The maximum Gasteiger partial charge on any atom is 0.229 e. The van der Waals surface area contributed by atoms with Gasteiger partial charge in [-0.3, -0.25) is 4.79 Å². The lowest BCUT2D eigenvalue weighted by molar-refractivity contribution is -0.149. The molecule has 0 aliphatic carbocycles.